The minimum absolute atomic E-state index is 0.0676. The van der Waals surface area contributed by atoms with Gasteiger partial charge in [0.15, 0.2) is 0 Å². The van der Waals surface area contributed by atoms with Crippen molar-refractivity contribution in [1.82, 2.24) is 10.6 Å². The molecule has 1 heterocycles. The van der Waals surface area contributed by atoms with Crippen molar-refractivity contribution in [3.05, 3.63) is 64.9 Å². The lowest BCUT2D eigenvalue weighted by atomic mass is 10.1. The third kappa shape index (κ3) is 3.15. The fourth-order valence-corrected chi connectivity index (χ4v) is 2.79. The number of nitrogens with zero attached hydrogens (tertiary/aromatic N) is 1. The molecule has 0 aromatic heterocycles. The lowest BCUT2D eigenvalue weighted by molar-refractivity contribution is -0.197. The van der Waals surface area contributed by atoms with Gasteiger partial charge in [0.1, 0.15) is 5.82 Å². The van der Waals surface area contributed by atoms with E-state index >= 15 is 0 Å². The van der Waals surface area contributed by atoms with Crippen molar-refractivity contribution in [2.24, 2.45) is 0 Å². The molecule has 2 N–H and O–H groups in total. The molecule has 146 valence electrons. The molecule has 0 bridgehead atoms. The Labute approximate surface area is 160 Å². The Morgan fingerprint density at radius 3 is 2.39 bits per heavy atom. The van der Waals surface area contributed by atoms with E-state index in [2.05, 4.69) is 0 Å². The maximum Gasteiger partial charge on any atom is 0.440 e. The maximum atomic E-state index is 13.8. The molecule has 1 unspecified atom stereocenters. The number of alkyl halides is 3. The van der Waals surface area contributed by atoms with Crippen LogP contribution in [-0.4, -0.2) is 29.7 Å². The number of amides is 4. The van der Waals surface area contributed by atoms with Crippen LogP contribution in [0.1, 0.15) is 10.4 Å². The second kappa shape index (κ2) is 6.79. The quantitative estimate of drug-likeness (QED) is 0.597. The monoisotopic (exact) mass is 415 g/mol. The van der Waals surface area contributed by atoms with Crippen molar-refractivity contribution in [3.8, 4) is 0 Å². The molecular formula is C17H10ClF4N3O3. The number of nitrogens with one attached hydrogen (secondary N) is 2. The second-order valence-electron chi connectivity index (χ2n) is 5.73. The summed E-state index contributed by atoms with van der Waals surface area (Å²) in [4.78, 5) is 37.2. The summed E-state index contributed by atoms with van der Waals surface area (Å²) in [6.07, 6.45) is -5.42. The molecule has 1 atom stereocenters. The molecule has 0 aliphatic carbocycles. The van der Waals surface area contributed by atoms with Crippen molar-refractivity contribution in [2.75, 3.05) is 4.90 Å². The number of imide groups is 1. The highest BCUT2D eigenvalue weighted by Gasteiger charge is 2.69. The Morgan fingerprint density at radius 1 is 1.11 bits per heavy atom. The van der Waals surface area contributed by atoms with Crippen LogP contribution in [0.25, 0.3) is 0 Å². The lowest BCUT2D eigenvalue weighted by Gasteiger charge is -2.29. The summed E-state index contributed by atoms with van der Waals surface area (Å²) in [5.74, 6) is -4.44. The number of hydrogen-bond donors (Lipinski definition) is 2. The molecule has 3 rings (SSSR count). The number of urea groups is 1. The molecule has 11 heteroatoms. The van der Waals surface area contributed by atoms with Crippen molar-refractivity contribution in [2.45, 2.75) is 11.8 Å². The van der Waals surface area contributed by atoms with Crippen LogP contribution in [-0.2, 0) is 4.79 Å². The third-order valence-electron chi connectivity index (χ3n) is 3.93. The minimum atomic E-state index is -5.42. The SMILES string of the molecule is O=C(NC1(C(F)(F)F)NC(=O)N(c2cccc(Cl)c2)C1=O)c1ccccc1F. The van der Waals surface area contributed by atoms with Gasteiger partial charge in [-0.1, -0.05) is 29.8 Å². The number of carbonyl (C=O) groups is 3. The first kappa shape index (κ1) is 19.6. The second-order valence-corrected chi connectivity index (χ2v) is 6.17. The molecule has 1 aliphatic rings. The fourth-order valence-electron chi connectivity index (χ4n) is 2.61. The van der Waals surface area contributed by atoms with Gasteiger partial charge in [-0.05, 0) is 30.3 Å². The predicted molar refractivity (Wildman–Crippen MR) is 90.1 cm³/mol. The van der Waals surface area contributed by atoms with Crippen molar-refractivity contribution >= 4 is 35.1 Å². The first-order valence-electron chi connectivity index (χ1n) is 7.63. The molecule has 0 radical (unpaired) electrons. The van der Waals surface area contributed by atoms with Crippen molar-refractivity contribution < 1.29 is 31.9 Å². The van der Waals surface area contributed by atoms with E-state index in [9.17, 15) is 31.9 Å². The molecule has 0 saturated carbocycles. The highest BCUT2D eigenvalue weighted by atomic mass is 35.5. The van der Waals surface area contributed by atoms with Crippen LogP contribution in [0.2, 0.25) is 5.02 Å². The van der Waals surface area contributed by atoms with Gasteiger partial charge in [0, 0.05) is 5.02 Å². The average molecular weight is 416 g/mol. The highest BCUT2D eigenvalue weighted by Crippen LogP contribution is 2.36. The topological polar surface area (TPSA) is 78.5 Å². The third-order valence-corrected chi connectivity index (χ3v) is 4.17. The Bertz CT molecular complexity index is 982. The van der Waals surface area contributed by atoms with Crippen LogP contribution in [0.15, 0.2) is 48.5 Å². The van der Waals surface area contributed by atoms with E-state index in [0.29, 0.717) is 0 Å². The molecule has 0 spiro atoms. The summed E-state index contributed by atoms with van der Waals surface area (Å²) < 4.78 is 55.1. The first-order chi connectivity index (χ1) is 13.1. The molecule has 28 heavy (non-hydrogen) atoms. The van der Waals surface area contributed by atoms with Gasteiger partial charge < -0.3 is 5.32 Å². The van der Waals surface area contributed by atoms with Gasteiger partial charge in [-0.15, -0.1) is 0 Å². The van der Waals surface area contributed by atoms with Gasteiger partial charge >= 0.3 is 12.2 Å². The normalized spacial score (nSPS) is 19.5. The zero-order valence-corrected chi connectivity index (χ0v) is 14.4. The zero-order chi connectivity index (χ0) is 20.7. The zero-order valence-electron chi connectivity index (χ0n) is 13.7. The highest BCUT2D eigenvalue weighted by molar-refractivity contribution is 6.31. The van der Waals surface area contributed by atoms with Crippen LogP contribution < -0.4 is 15.5 Å². The first-order valence-corrected chi connectivity index (χ1v) is 8.00. The van der Waals surface area contributed by atoms with Gasteiger partial charge in [-0.25, -0.2) is 14.1 Å². The summed E-state index contributed by atoms with van der Waals surface area (Å²) in [6.45, 7) is 0. The van der Waals surface area contributed by atoms with Crippen LogP contribution in [0.3, 0.4) is 0 Å². The summed E-state index contributed by atoms with van der Waals surface area (Å²) in [6, 6.07) is 7.83. The van der Waals surface area contributed by atoms with Crippen molar-refractivity contribution in [1.29, 1.82) is 0 Å². The van der Waals surface area contributed by atoms with E-state index in [-0.39, 0.29) is 15.6 Å². The molecule has 6 nitrogen and oxygen atoms in total. The van der Waals surface area contributed by atoms with E-state index in [1.165, 1.54) is 41.0 Å². The van der Waals surface area contributed by atoms with Gasteiger partial charge in [-0.2, -0.15) is 13.2 Å². The molecule has 1 saturated heterocycles. The largest absolute Gasteiger partial charge is 0.440 e. The predicted octanol–water partition coefficient (Wildman–Crippen LogP) is 3.22. The Hall–Kier alpha value is -3.14. The number of hydrogen-bond acceptors (Lipinski definition) is 3. The summed E-state index contributed by atoms with van der Waals surface area (Å²) in [5.41, 5.74) is -4.73. The molecule has 1 aliphatic heterocycles. The smallest absolute Gasteiger partial charge is 0.314 e. The number of carbonyl (C=O) groups excluding carboxylic acids is 3. The van der Waals surface area contributed by atoms with Gasteiger partial charge in [0.2, 0.25) is 0 Å². The number of benzene rings is 2. The maximum absolute atomic E-state index is 13.8. The summed E-state index contributed by atoms with van der Waals surface area (Å²) in [5, 5.41) is 2.95. The molecule has 1 fully saturated rings. The lowest BCUT2D eigenvalue weighted by Crippen LogP contribution is -2.69. The van der Waals surface area contributed by atoms with Crippen molar-refractivity contribution in [3.63, 3.8) is 0 Å². The Balaban J connectivity index is 2.03. The van der Waals surface area contributed by atoms with Gasteiger partial charge in [0.25, 0.3) is 17.5 Å². The van der Waals surface area contributed by atoms with Gasteiger partial charge in [-0.3, -0.25) is 14.9 Å². The standard InChI is InChI=1S/C17H10ClF4N3O3/c18-9-4-3-5-10(8-9)25-14(27)16(17(20,21)22,24-15(25)28)23-13(26)11-6-1-2-7-12(11)19/h1-8H,(H,23,26)(H,24,28). The van der Waals surface area contributed by atoms with E-state index < -0.39 is 41.1 Å². The van der Waals surface area contributed by atoms with E-state index in [0.717, 1.165) is 18.2 Å². The minimum Gasteiger partial charge on any atom is -0.314 e. The van der Waals surface area contributed by atoms with E-state index in [1.54, 1.807) is 0 Å². The van der Waals surface area contributed by atoms with Crippen LogP contribution in [0.4, 0.5) is 28.0 Å². The number of halogens is 5. The average Bonchev–Trinajstić information content (AvgIpc) is 2.86. The molecular weight excluding hydrogens is 406 g/mol. The number of anilines is 1. The van der Waals surface area contributed by atoms with Crippen LogP contribution >= 0.6 is 11.6 Å². The summed E-state index contributed by atoms with van der Waals surface area (Å²) >= 11 is 5.76. The Kier molecular flexibility index (Phi) is 4.76. The molecule has 4 amide bonds. The van der Waals surface area contributed by atoms with Crippen LogP contribution in [0.5, 0.6) is 0 Å². The fraction of sp³-hybridized carbons (Fsp3) is 0.118. The number of rotatable bonds is 3. The van der Waals surface area contributed by atoms with E-state index in [1.807, 2.05) is 0 Å². The molecule has 2 aromatic carbocycles. The van der Waals surface area contributed by atoms with Gasteiger partial charge in [0.05, 0.1) is 11.3 Å². The Morgan fingerprint density at radius 2 is 1.79 bits per heavy atom. The van der Waals surface area contributed by atoms with Crippen LogP contribution in [0, 0.1) is 5.82 Å². The van der Waals surface area contributed by atoms with E-state index in [4.69, 9.17) is 11.6 Å². The summed E-state index contributed by atoms with van der Waals surface area (Å²) in [7, 11) is 0. The molecule has 2 aromatic rings.